The van der Waals surface area contributed by atoms with E-state index < -0.39 is 12.1 Å². The molecular formula is C25H26Cl2F3N5O3. The first kappa shape index (κ1) is 29.2. The van der Waals surface area contributed by atoms with E-state index in [-0.39, 0.29) is 18.0 Å². The Balaban J connectivity index is 0.000000505. The largest absolute Gasteiger partial charge is 0.490 e. The molecule has 0 aliphatic heterocycles. The fourth-order valence-electron chi connectivity index (χ4n) is 3.94. The summed E-state index contributed by atoms with van der Waals surface area (Å²) in [6.07, 6.45) is -1.45. The van der Waals surface area contributed by atoms with Crippen molar-refractivity contribution >= 4 is 57.7 Å². The van der Waals surface area contributed by atoms with Crippen molar-refractivity contribution in [2.45, 2.75) is 43.9 Å². The topological polar surface area (TPSA) is 107 Å². The lowest BCUT2D eigenvalue weighted by atomic mass is 9.91. The van der Waals surface area contributed by atoms with Crippen molar-refractivity contribution in [3.05, 3.63) is 58.1 Å². The number of para-hydroxylation sites is 1. The highest BCUT2D eigenvalue weighted by Crippen LogP contribution is 2.27. The molecule has 8 nitrogen and oxygen atoms in total. The molecule has 0 bridgehead atoms. The normalized spacial score (nSPS) is 17.2. The first-order valence-electron chi connectivity index (χ1n) is 11.6. The van der Waals surface area contributed by atoms with E-state index in [9.17, 15) is 18.0 Å². The van der Waals surface area contributed by atoms with Crippen molar-refractivity contribution < 1.29 is 27.9 Å². The van der Waals surface area contributed by atoms with Crippen molar-refractivity contribution in [3.8, 4) is 0 Å². The Bertz CT molecular complexity index is 1300. The van der Waals surface area contributed by atoms with Gasteiger partial charge in [-0.15, -0.1) is 0 Å². The van der Waals surface area contributed by atoms with Crippen LogP contribution in [-0.4, -0.2) is 59.3 Å². The number of anilines is 2. The Kier molecular flexibility index (Phi) is 9.61. The number of amides is 1. The van der Waals surface area contributed by atoms with E-state index in [2.05, 4.69) is 10.6 Å². The van der Waals surface area contributed by atoms with Crippen molar-refractivity contribution in [3.63, 3.8) is 0 Å². The fraction of sp³-hybridized carbons (Fsp3) is 0.360. The van der Waals surface area contributed by atoms with E-state index >= 15 is 0 Å². The minimum absolute atomic E-state index is 0.122. The number of aliphatic carboxylic acids is 1. The second-order valence-electron chi connectivity index (χ2n) is 8.88. The smallest absolute Gasteiger partial charge is 0.475 e. The fourth-order valence-corrected chi connectivity index (χ4v) is 4.23. The van der Waals surface area contributed by atoms with Gasteiger partial charge in [-0.1, -0.05) is 35.3 Å². The number of carboxylic acids is 1. The van der Waals surface area contributed by atoms with Gasteiger partial charge in [0.05, 0.1) is 15.6 Å². The summed E-state index contributed by atoms with van der Waals surface area (Å²) < 4.78 is 31.7. The van der Waals surface area contributed by atoms with E-state index in [4.69, 9.17) is 43.1 Å². The molecule has 0 atom stereocenters. The highest BCUT2D eigenvalue weighted by molar-refractivity contribution is 6.42. The number of nitrogens with zero attached hydrogens (tertiary/aromatic N) is 3. The number of carboxylic acid groups (broad SMARTS) is 1. The zero-order valence-electron chi connectivity index (χ0n) is 20.5. The molecule has 38 heavy (non-hydrogen) atoms. The molecular weight excluding hydrogens is 546 g/mol. The molecule has 1 heterocycles. The number of nitrogens with one attached hydrogen (secondary N) is 2. The van der Waals surface area contributed by atoms with Crippen molar-refractivity contribution in [2.75, 3.05) is 24.3 Å². The summed E-state index contributed by atoms with van der Waals surface area (Å²) in [6, 6.07) is 13.4. The van der Waals surface area contributed by atoms with Crippen LogP contribution in [0.25, 0.3) is 10.9 Å². The van der Waals surface area contributed by atoms with Crippen LogP contribution in [0.5, 0.6) is 0 Å². The van der Waals surface area contributed by atoms with Gasteiger partial charge in [-0.2, -0.15) is 18.2 Å². The molecule has 1 aromatic heterocycles. The maximum atomic E-state index is 12.5. The first-order chi connectivity index (χ1) is 17.8. The molecule has 4 rings (SSSR count). The second kappa shape index (κ2) is 12.5. The molecule has 0 saturated heterocycles. The van der Waals surface area contributed by atoms with Gasteiger partial charge in [0, 0.05) is 37.1 Å². The standard InChI is InChI=1S/C23H25Cl2N5O.C2HF3O2/c1-30(2)21-17-5-3-4-6-20(17)28-23(29-21)27-16-10-8-15(9-11-16)26-22(31)14-7-12-18(24)19(25)13-14;3-2(4,5)1(6)7/h3-7,12-13,15-16H,8-11H2,1-2H3,(H,26,31)(H,27,28,29);(H,6,7). The molecule has 3 aromatic rings. The van der Waals surface area contributed by atoms with Crippen LogP contribution in [0.1, 0.15) is 36.0 Å². The van der Waals surface area contributed by atoms with Crippen LogP contribution in [0.2, 0.25) is 10.0 Å². The van der Waals surface area contributed by atoms with Crippen molar-refractivity contribution in [1.29, 1.82) is 0 Å². The second-order valence-corrected chi connectivity index (χ2v) is 9.69. The van der Waals surface area contributed by atoms with Gasteiger partial charge in [0.2, 0.25) is 5.95 Å². The van der Waals surface area contributed by atoms with Crippen molar-refractivity contribution in [2.24, 2.45) is 0 Å². The number of rotatable bonds is 5. The van der Waals surface area contributed by atoms with Gasteiger partial charge in [-0.3, -0.25) is 4.79 Å². The zero-order chi connectivity index (χ0) is 28.0. The van der Waals surface area contributed by atoms with E-state index in [0.717, 1.165) is 42.4 Å². The van der Waals surface area contributed by atoms with Crippen LogP contribution < -0.4 is 15.5 Å². The Hall–Kier alpha value is -3.31. The molecule has 1 saturated carbocycles. The highest BCUT2D eigenvalue weighted by atomic mass is 35.5. The number of carbonyl (C=O) groups excluding carboxylic acids is 1. The summed E-state index contributed by atoms with van der Waals surface area (Å²) in [5.74, 6) is -1.34. The molecule has 0 spiro atoms. The Morgan fingerprint density at radius 2 is 1.58 bits per heavy atom. The van der Waals surface area contributed by atoms with Gasteiger partial charge in [0.25, 0.3) is 5.91 Å². The molecule has 3 N–H and O–H groups in total. The van der Waals surface area contributed by atoms with Crippen LogP contribution in [0, 0.1) is 0 Å². The van der Waals surface area contributed by atoms with E-state index in [1.54, 1.807) is 18.2 Å². The third kappa shape index (κ3) is 7.84. The van der Waals surface area contributed by atoms with Gasteiger partial charge in [0.15, 0.2) is 0 Å². The van der Waals surface area contributed by atoms with E-state index in [1.807, 2.05) is 43.3 Å². The molecule has 1 aliphatic carbocycles. The summed E-state index contributed by atoms with van der Waals surface area (Å²) in [4.78, 5) is 32.8. The minimum Gasteiger partial charge on any atom is -0.475 e. The van der Waals surface area contributed by atoms with Crippen LogP contribution >= 0.6 is 23.2 Å². The van der Waals surface area contributed by atoms with E-state index in [1.165, 1.54) is 0 Å². The molecule has 1 fully saturated rings. The molecule has 2 aromatic carbocycles. The maximum absolute atomic E-state index is 12.5. The monoisotopic (exact) mass is 571 g/mol. The number of hydrogen-bond acceptors (Lipinski definition) is 6. The third-order valence-corrected chi connectivity index (χ3v) is 6.57. The first-order valence-corrected chi connectivity index (χ1v) is 12.4. The predicted molar refractivity (Wildman–Crippen MR) is 141 cm³/mol. The quantitative estimate of drug-likeness (QED) is 0.355. The summed E-state index contributed by atoms with van der Waals surface area (Å²) in [5.41, 5.74) is 1.45. The Morgan fingerprint density at radius 3 is 2.16 bits per heavy atom. The van der Waals surface area contributed by atoms with Crippen LogP contribution in [0.4, 0.5) is 24.9 Å². The number of benzene rings is 2. The molecule has 0 unspecified atom stereocenters. The number of fused-ring (bicyclic) bond motifs is 1. The Morgan fingerprint density at radius 1 is 0.974 bits per heavy atom. The maximum Gasteiger partial charge on any atom is 0.490 e. The van der Waals surface area contributed by atoms with Gasteiger partial charge in [-0.05, 0) is 56.0 Å². The molecule has 204 valence electrons. The Labute approximate surface area is 227 Å². The predicted octanol–water partition coefficient (Wildman–Crippen LogP) is 5.79. The minimum atomic E-state index is -5.08. The van der Waals surface area contributed by atoms with Crippen molar-refractivity contribution in [1.82, 2.24) is 15.3 Å². The van der Waals surface area contributed by atoms with Gasteiger partial charge in [-0.25, -0.2) is 9.78 Å². The number of hydrogen-bond donors (Lipinski definition) is 3. The average molecular weight is 572 g/mol. The van der Waals surface area contributed by atoms with Gasteiger partial charge < -0.3 is 20.6 Å². The SMILES string of the molecule is CN(C)c1nc(NC2CCC(NC(=O)c3ccc(Cl)c(Cl)c3)CC2)nc2ccccc12.O=C(O)C(F)(F)F. The number of halogens is 5. The molecule has 1 aliphatic rings. The number of aromatic nitrogens is 2. The summed E-state index contributed by atoms with van der Waals surface area (Å²) in [7, 11) is 3.97. The number of alkyl halides is 3. The summed E-state index contributed by atoms with van der Waals surface area (Å²) in [6.45, 7) is 0. The molecule has 1 amide bonds. The molecule has 0 radical (unpaired) electrons. The third-order valence-electron chi connectivity index (χ3n) is 5.83. The summed E-state index contributed by atoms with van der Waals surface area (Å²) in [5, 5.41) is 15.6. The van der Waals surface area contributed by atoms with Gasteiger partial charge in [0.1, 0.15) is 5.82 Å². The van der Waals surface area contributed by atoms with E-state index in [0.29, 0.717) is 21.6 Å². The lowest BCUT2D eigenvalue weighted by molar-refractivity contribution is -0.192. The van der Waals surface area contributed by atoms with Gasteiger partial charge >= 0.3 is 12.1 Å². The highest BCUT2D eigenvalue weighted by Gasteiger charge is 2.38. The van der Waals surface area contributed by atoms with Crippen LogP contribution in [0.3, 0.4) is 0 Å². The lowest BCUT2D eigenvalue weighted by Gasteiger charge is -2.30. The van der Waals surface area contributed by atoms with Crippen LogP contribution in [-0.2, 0) is 4.79 Å². The lowest BCUT2D eigenvalue weighted by Crippen LogP contribution is -2.40. The molecule has 13 heteroatoms. The zero-order valence-corrected chi connectivity index (χ0v) is 22.0. The average Bonchev–Trinajstić information content (AvgIpc) is 2.86. The summed E-state index contributed by atoms with van der Waals surface area (Å²) >= 11 is 12.0. The number of carbonyl (C=O) groups is 2. The van der Waals surface area contributed by atoms with Crippen LogP contribution in [0.15, 0.2) is 42.5 Å².